The quantitative estimate of drug-likeness (QED) is 0.892. The van der Waals surface area contributed by atoms with Gasteiger partial charge in [0.15, 0.2) is 0 Å². The van der Waals surface area contributed by atoms with E-state index in [0.29, 0.717) is 0 Å². The van der Waals surface area contributed by atoms with E-state index < -0.39 is 0 Å². The fourth-order valence-electron chi connectivity index (χ4n) is 2.52. The number of halogens is 1. The monoisotopic (exact) mass is 250 g/mol. The number of benzene rings is 1. The molecule has 2 rings (SSSR count). The van der Waals surface area contributed by atoms with Crippen LogP contribution in [0, 0.1) is 11.7 Å². The molecule has 0 bridgehead atoms. The molecule has 3 nitrogen and oxygen atoms in total. The van der Waals surface area contributed by atoms with Gasteiger partial charge in [-0.25, -0.2) is 4.39 Å². The molecule has 1 fully saturated rings. The van der Waals surface area contributed by atoms with Crippen LogP contribution in [0.2, 0.25) is 0 Å². The van der Waals surface area contributed by atoms with Crippen LogP contribution >= 0.6 is 0 Å². The number of likely N-dealkylation sites (tertiary alicyclic amines) is 1. The van der Waals surface area contributed by atoms with E-state index in [1.807, 2.05) is 12.1 Å². The molecular weight excluding hydrogens is 231 g/mol. The van der Waals surface area contributed by atoms with E-state index in [4.69, 9.17) is 5.73 Å². The minimum absolute atomic E-state index is 0.0154. The molecule has 1 aliphatic heterocycles. The van der Waals surface area contributed by atoms with Crippen LogP contribution < -0.4 is 5.73 Å². The van der Waals surface area contributed by atoms with Crippen molar-refractivity contribution in [3.8, 4) is 0 Å². The molecule has 4 heteroatoms. The lowest BCUT2D eigenvalue weighted by Crippen LogP contribution is -2.39. The van der Waals surface area contributed by atoms with Gasteiger partial charge in [0.05, 0.1) is 0 Å². The smallest absolute Gasteiger partial charge is 0.220 e. The summed E-state index contributed by atoms with van der Waals surface area (Å²) < 4.78 is 12.9. The molecular formula is C14H19FN2O. The maximum absolute atomic E-state index is 12.9. The first kappa shape index (κ1) is 13.0. The third-order valence-corrected chi connectivity index (χ3v) is 3.83. The van der Waals surface area contributed by atoms with Crippen molar-refractivity contribution in [2.45, 2.75) is 25.8 Å². The normalized spacial score (nSPS) is 19.7. The molecule has 0 saturated carbocycles. The van der Waals surface area contributed by atoms with Crippen molar-refractivity contribution in [2.24, 2.45) is 11.7 Å². The maximum atomic E-state index is 12.9. The summed E-state index contributed by atoms with van der Waals surface area (Å²) in [6.07, 6.45) is 1.64. The Kier molecular flexibility index (Phi) is 3.97. The van der Waals surface area contributed by atoms with E-state index >= 15 is 0 Å². The van der Waals surface area contributed by atoms with Gasteiger partial charge in [0.2, 0.25) is 5.91 Å². The number of primary amides is 1. The van der Waals surface area contributed by atoms with Gasteiger partial charge in [0.25, 0.3) is 0 Å². The van der Waals surface area contributed by atoms with Gasteiger partial charge in [-0.2, -0.15) is 0 Å². The molecule has 98 valence electrons. The van der Waals surface area contributed by atoms with Gasteiger partial charge in [-0.1, -0.05) is 12.1 Å². The molecule has 18 heavy (non-hydrogen) atoms. The Balaban J connectivity index is 1.97. The van der Waals surface area contributed by atoms with Crippen molar-refractivity contribution >= 4 is 5.91 Å². The second kappa shape index (κ2) is 5.48. The van der Waals surface area contributed by atoms with E-state index in [9.17, 15) is 9.18 Å². The summed E-state index contributed by atoms with van der Waals surface area (Å²) in [6, 6.07) is 6.86. The van der Waals surface area contributed by atoms with Crippen LogP contribution in [0.25, 0.3) is 0 Å². The molecule has 0 radical (unpaired) electrons. The zero-order valence-electron chi connectivity index (χ0n) is 10.6. The van der Waals surface area contributed by atoms with Crippen molar-refractivity contribution < 1.29 is 9.18 Å². The van der Waals surface area contributed by atoms with Crippen molar-refractivity contribution in [2.75, 3.05) is 13.1 Å². The fraction of sp³-hybridized carbons (Fsp3) is 0.500. The van der Waals surface area contributed by atoms with E-state index in [1.165, 1.54) is 12.1 Å². The number of nitrogens with zero attached hydrogens (tertiary/aromatic N) is 1. The van der Waals surface area contributed by atoms with Crippen molar-refractivity contribution in [1.82, 2.24) is 4.90 Å². The highest BCUT2D eigenvalue weighted by molar-refractivity contribution is 5.76. The highest BCUT2D eigenvalue weighted by atomic mass is 19.1. The number of piperidine rings is 1. The topological polar surface area (TPSA) is 46.3 Å². The van der Waals surface area contributed by atoms with Crippen LogP contribution in [0.5, 0.6) is 0 Å². The Morgan fingerprint density at radius 1 is 1.33 bits per heavy atom. The van der Waals surface area contributed by atoms with Crippen molar-refractivity contribution in [1.29, 1.82) is 0 Å². The van der Waals surface area contributed by atoms with Gasteiger partial charge < -0.3 is 5.73 Å². The number of carbonyl (C=O) groups excluding carboxylic acids is 1. The molecule has 0 spiro atoms. The lowest BCUT2D eigenvalue weighted by Gasteiger charge is -2.35. The first-order chi connectivity index (χ1) is 8.58. The zero-order valence-corrected chi connectivity index (χ0v) is 10.6. The van der Waals surface area contributed by atoms with E-state index in [1.54, 1.807) is 0 Å². The molecule has 1 aliphatic rings. The van der Waals surface area contributed by atoms with Crippen LogP contribution in [0.4, 0.5) is 4.39 Å². The number of carbonyl (C=O) groups is 1. The van der Waals surface area contributed by atoms with E-state index in [-0.39, 0.29) is 23.7 Å². The minimum atomic E-state index is -0.210. The molecule has 1 amide bonds. The Labute approximate surface area is 107 Å². The van der Waals surface area contributed by atoms with Gasteiger partial charge in [-0.3, -0.25) is 9.69 Å². The predicted octanol–water partition coefficient (Wildman–Crippen LogP) is 2.08. The predicted molar refractivity (Wildman–Crippen MR) is 68.3 cm³/mol. The molecule has 1 unspecified atom stereocenters. The van der Waals surface area contributed by atoms with Crippen molar-refractivity contribution in [3.63, 3.8) is 0 Å². The summed E-state index contributed by atoms with van der Waals surface area (Å²) in [5, 5.41) is 0. The number of hydrogen-bond acceptors (Lipinski definition) is 2. The Morgan fingerprint density at radius 3 is 2.39 bits per heavy atom. The molecule has 2 N–H and O–H groups in total. The minimum Gasteiger partial charge on any atom is -0.369 e. The maximum Gasteiger partial charge on any atom is 0.220 e. The van der Waals surface area contributed by atoms with Crippen LogP contribution in [-0.4, -0.2) is 23.9 Å². The summed E-state index contributed by atoms with van der Waals surface area (Å²) >= 11 is 0. The van der Waals surface area contributed by atoms with Gasteiger partial charge in [-0.05, 0) is 50.6 Å². The van der Waals surface area contributed by atoms with Gasteiger partial charge >= 0.3 is 0 Å². The van der Waals surface area contributed by atoms with Crippen LogP contribution in [0.15, 0.2) is 24.3 Å². The van der Waals surface area contributed by atoms with Crippen LogP contribution in [-0.2, 0) is 4.79 Å². The molecule has 1 aromatic carbocycles. The summed E-state index contributed by atoms with van der Waals surface area (Å²) in [7, 11) is 0. The first-order valence-electron chi connectivity index (χ1n) is 6.37. The van der Waals surface area contributed by atoms with E-state index in [0.717, 1.165) is 31.5 Å². The lowest BCUT2D eigenvalue weighted by molar-refractivity contribution is -0.123. The zero-order chi connectivity index (χ0) is 13.1. The summed E-state index contributed by atoms with van der Waals surface area (Å²) in [4.78, 5) is 13.4. The Morgan fingerprint density at radius 2 is 1.89 bits per heavy atom. The second-order valence-corrected chi connectivity index (χ2v) is 4.94. The highest BCUT2D eigenvalue weighted by Crippen LogP contribution is 2.26. The van der Waals surface area contributed by atoms with Gasteiger partial charge in [-0.15, -0.1) is 0 Å². The average Bonchev–Trinajstić information content (AvgIpc) is 2.39. The van der Waals surface area contributed by atoms with E-state index in [2.05, 4.69) is 11.8 Å². The number of rotatable bonds is 3. The van der Waals surface area contributed by atoms with Gasteiger partial charge in [0.1, 0.15) is 5.82 Å². The third kappa shape index (κ3) is 2.88. The molecule has 1 atom stereocenters. The molecule has 1 heterocycles. The molecule has 1 saturated heterocycles. The number of amides is 1. The Bertz CT molecular complexity index is 410. The van der Waals surface area contributed by atoms with Crippen molar-refractivity contribution in [3.05, 3.63) is 35.6 Å². The Hall–Kier alpha value is -1.42. The number of nitrogens with two attached hydrogens (primary N) is 1. The summed E-state index contributed by atoms with van der Waals surface area (Å²) in [6.45, 7) is 3.84. The second-order valence-electron chi connectivity index (χ2n) is 4.94. The molecule has 1 aromatic rings. The first-order valence-corrected chi connectivity index (χ1v) is 6.37. The van der Waals surface area contributed by atoms with Gasteiger partial charge in [0, 0.05) is 12.0 Å². The summed E-state index contributed by atoms with van der Waals surface area (Å²) in [5.74, 6) is -0.385. The largest absolute Gasteiger partial charge is 0.369 e. The molecule has 0 aromatic heterocycles. The van der Waals surface area contributed by atoms with Crippen LogP contribution in [0.3, 0.4) is 0 Å². The lowest BCUT2D eigenvalue weighted by atomic mass is 9.94. The summed E-state index contributed by atoms with van der Waals surface area (Å²) in [5.41, 5.74) is 6.42. The highest BCUT2D eigenvalue weighted by Gasteiger charge is 2.26. The average molecular weight is 250 g/mol. The van der Waals surface area contributed by atoms with Crippen LogP contribution in [0.1, 0.15) is 31.4 Å². The third-order valence-electron chi connectivity index (χ3n) is 3.83. The number of hydrogen-bond donors (Lipinski definition) is 1. The molecule has 0 aliphatic carbocycles. The standard InChI is InChI=1S/C14H19FN2O/c1-10(11-2-4-13(15)5-3-11)17-8-6-12(7-9-17)14(16)18/h2-5,10,12H,6-9H2,1H3,(H2,16,18). The fourth-order valence-corrected chi connectivity index (χ4v) is 2.52. The SMILES string of the molecule is CC(c1ccc(F)cc1)N1CCC(C(N)=O)CC1.